The summed E-state index contributed by atoms with van der Waals surface area (Å²) in [6.45, 7) is 5.46. The molecule has 1 aromatic heterocycles. The average Bonchev–Trinajstić information content (AvgIpc) is 3.14. The molecular formula is C23H22BrFN4O2S. The van der Waals surface area contributed by atoms with Crippen LogP contribution >= 0.6 is 27.7 Å². The number of rotatable bonds is 6. The van der Waals surface area contributed by atoms with Crippen molar-refractivity contribution < 1.29 is 13.9 Å². The summed E-state index contributed by atoms with van der Waals surface area (Å²) in [5, 5.41) is 8.32. The second-order valence-electron chi connectivity index (χ2n) is 7.61. The van der Waals surface area contributed by atoms with Gasteiger partial charge >= 0.3 is 5.97 Å². The largest absolute Gasteiger partial charge is 0.459 e. The Hall–Kier alpha value is -2.65. The van der Waals surface area contributed by atoms with E-state index in [1.807, 2.05) is 45.0 Å². The number of hydrogen-bond acceptors (Lipinski definition) is 6. The highest BCUT2D eigenvalue weighted by molar-refractivity contribution is 9.10. The monoisotopic (exact) mass is 516 g/mol. The molecule has 0 amide bonds. The molecule has 3 aromatic rings. The van der Waals surface area contributed by atoms with Crippen molar-refractivity contribution in [1.82, 2.24) is 14.8 Å². The molecule has 1 aliphatic rings. The van der Waals surface area contributed by atoms with Crippen LogP contribution in [0.5, 0.6) is 0 Å². The summed E-state index contributed by atoms with van der Waals surface area (Å²) < 4.78 is 22.1. The van der Waals surface area contributed by atoms with Gasteiger partial charge in [-0.3, -0.25) is 0 Å². The first-order valence-electron chi connectivity index (χ1n) is 10.1. The van der Waals surface area contributed by atoms with Crippen molar-refractivity contribution in [2.45, 2.75) is 43.8 Å². The van der Waals surface area contributed by atoms with Crippen molar-refractivity contribution in [1.29, 1.82) is 0 Å². The van der Waals surface area contributed by atoms with E-state index in [-0.39, 0.29) is 11.9 Å². The van der Waals surface area contributed by atoms with Crippen molar-refractivity contribution in [3.63, 3.8) is 0 Å². The molecule has 2 aromatic carbocycles. The number of ether oxygens (including phenoxy) is 1. The summed E-state index contributed by atoms with van der Waals surface area (Å²) in [5.41, 5.74) is 2.60. The molecule has 1 unspecified atom stereocenters. The van der Waals surface area contributed by atoms with Crippen molar-refractivity contribution in [2.75, 3.05) is 5.32 Å². The number of nitrogens with one attached hydrogen (secondary N) is 1. The van der Waals surface area contributed by atoms with Gasteiger partial charge in [0.05, 0.1) is 11.7 Å². The van der Waals surface area contributed by atoms with Gasteiger partial charge in [0, 0.05) is 15.9 Å². The lowest BCUT2D eigenvalue weighted by Crippen LogP contribution is -2.30. The van der Waals surface area contributed by atoms with Crippen LogP contribution in [0.25, 0.3) is 0 Å². The van der Waals surface area contributed by atoms with Crippen molar-refractivity contribution in [3.05, 3.63) is 81.2 Å². The van der Waals surface area contributed by atoms with E-state index in [0.717, 1.165) is 10.0 Å². The second kappa shape index (κ2) is 9.46. The number of aromatic nitrogens is 3. The summed E-state index contributed by atoms with van der Waals surface area (Å²) in [7, 11) is 0. The van der Waals surface area contributed by atoms with Crippen LogP contribution in [0.4, 0.5) is 10.3 Å². The highest BCUT2D eigenvalue weighted by Crippen LogP contribution is 2.37. The zero-order chi connectivity index (χ0) is 22.8. The lowest BCUT2D eigenvalue weighted by Gasteiger charge is -2.28. The van der Waals surface area contributed by atoms with Crippen molar-refractivity contribution in [2.24, 2.45) is 0 Å². The number of nitrogens with zero attached hydrogens (tertiary/aromatic N) is 3. The third kappa shape index (κ3) is 4.73. The Morgan fingerprint density at radius 3 is 2.66 bits per heavy atom. The molecule has 6 nitrogen and oxygen atoms in total. The minimum absolute atomic E-state index is 0.252. The third-order valence-electron chi connectivity index (χ3n) is 4.90. The molecule has 0 saturated carbocycles. The van der Waals surface area contributed by atoms with Crippen LogP contribution in [0, 0.1) is 5.82 Å². The fourth-order valence-electron chi connectivity index (χ4n) is 3.45. The Kier molecular flexibility index (Phi) is 6.66. The maximum absolute atomic E-state index is 14.0. The summed E-state index contributed by atoms with van der Waals surface area (Å²) in [4.78, 5) is 17.6. The van der Waals surface area contributed by atoms with E-state index in [1.165, 1.54) is 17.8 Å². The molecule has 9 heteroatoms. The Morgan fingerprint density at radius 2 is 1.97 bits per heavy atom. The number of hydrogen-bond donors (Lipinski definition) is 1. The number of carbonyl (C=O) groups excluding carboxylic acids is 1. The molecule has 0 bridgehead atoms. The Labute approximate surface area is 198 Å². The van der Waals surface area contributed by atoms with Gasteiger partial charge in [0.2, 0.25) is 11.1 Å². The zero-order valence-corrected chi connectivity index (χ0v) is 20.2. The van der Waals surface area contributed by atoms with Gasteiger partial charge in [-0.05, 0) is 50.1 Å². The SMILES string of the molecule is CC1=C(C(=O)OC(C)C)C(c2ccc(Br)cc2)n2nc(SCc3ccccc3F)nc2N1. The summed E-state index contributed by atoms with van der Waals surface area (Å²) in [6, 6.07) is 13.9. The molecule has 32 heavy (non-hydrogen) atoms. The molecule has 0 saturated heterocycles. The first-order chi connectivity index (χ1) is 15.3. The number of fused-ring (bicyclic) bond motifs is 1. The summed E-state index contributed by atoms with van der Waals surface area (Å²) >= 11 is 4.79. The smallest absolute Gasteiger partial charge is 0.338 e. The fraction of sp³-hybridized carbons (Fsp3) is 0.261. The molecule has 0 spiro atoms. The van der Waals surface area contributed by atoms with Gasteiger partial charge in [-0.1, -0.05) is 58.0 Å². The minimum atomic E-state index is -0.499. The topological polar surface area (TPSA) is 69.0 Å². The van der Waals surface area contributed by atoms with Crippen LogP contribution in [-0.2, 0) is 15.3 Å². The molecule has 1 atom stereocenters. The number of anilines is 1. The standard InChI is InChI=1S/C23H22BrFN4O2S/c1-13(2)31-21(30)19-14(3)26-22-27-23(32-12-16-6-4-5-7-18(16)25)28-29(22)20(19)15-8-10-17(24)11-9-15/h4-11,13,20H,12H2,1-3H3,(H,26,27,28). The minimum Gasteiger partial charge on any atom is -0.459 e. The number of halogens is 2. The van der Waals surface area contributed by atoms with Gasteiger partial charge in [-0.2, -0.15) is 4.98 Å². The number of allylic oxidation sites excluding steroid dienone is 1. The van der Waals surface area contributed by atoms with E-state index in [9.17, 15) is 9.18 Å². The molecule has 2 heterocycles. The molecule has 1 N–H and O–H groups in total. The predicted octanol–water partition coefficient (Wildman–Crippen LogP) is 5.71. The number of thioether (sulfide) groups is 1. The van der Waals surface area contributed by atoms with Crippen molar-refractivity contribution in [3.8, 4) is 0 Å². The van der Waals surface area contributed by atoms with E-state index in [0.29, 0.717) is 33.7 Å². The zero-order valence-electron chi connectivity index (χ0n) is 17.8. The van der Waals surface area contributed by atoms with Crippen LogP contribution in [-0.4, -0.2) is 26.8 Å². The maximum Gasteiger partial charge on any atom is 0.338 e. The van der Waals surface area contributed by atoms with E-state index in [1.54, 1.807) is 22.9 Å². The van der Waals surface area contributed by atoms with E-state index in [2.05, 4.69) is 31.3 Å². The van der Waals surface area contributed by atoms with Crippen LogP contribution in [0.2, 0.25) is 0 Å². The van der Waals surface area contributed by atoms with Crippen LogP contribution < -0.4 is 5.32 Å². The molecule has 0 fully saturated rings. The molecule has 0 radical (unpaired) electrons. The number of carbonyl (C=O) groups is 1. The number of benzene rings is 2. The highest BCUT2D eigenvalue weighted by atomic mass is 79.9. The van der Waals surface area contributed by atoms with Gasteiger partial charge in [0.1, 0.15) is 11.9 Å². The Morgan fingerprint density at radius 1 is 1.25 bits per heavy atom. The van der Waals surface area contributed by atoms with Crippen LogP contribution in [0.15, 0.2) is 69.4 Å². The average molecular weight is 517 g/mol. The molecule has 0 aliphatic carbocycles. The van der Waals surface area contributed by atoms with Crippen LogP contribution in [0.3, 0.4) is 0 Å². The summed E-state index contributed by atoms with van der Waals surface area (Å²) in [6.07, 6.45) is -0.252. The van der Waals surface area contributed by atoms with Crippen LogP contribution in [0.1, 0.15) is 37.9 Å². The van der Waals surface area contributed by atoms with E-state index < -0.39 is 12.0 Å². The molecular weight excluding hydrogens is 495 g/mol. The van der Waals surface area contributed by atoms with Gasteiger partial charge < -0.3 is 10.1 Å². The lowest BCUT2D eigenvalue weighted by atomic mass is 9.96. The second-order valence-corrected chi connectivity index (χ2v) is 9.47. The van der Waals surface area contributed by atoms with Gasteiger partial charge in [0.15, 0.2) is 0 Å². The number of esters is 1. The third-order valence-corrected chi connectivity index (χ3v) is 6.31. The lowest BCUT2D eigenvalue weighted by molar-refractivity contribution is -0.143. The first-order valence-corrected chi connectivity index (χ1v) is 11.9. The van der Waals surface area contributed by atoms with Gasteiger partial charge in [0.25, 0.3) is 0 Å². The van der Waals surface area contributed by atoms with Crippen molar-refractivity contribution >= 4 is 39.6 Å². The summed E-state index contributed by atoms with van der Waals surface area (Å²) in [5.74, 6) is 0.256. The van der Waals surface area contributed by atoms with E-state index >= 15 is 0 Å². The van der Waals surface area contributed by atoms with Gasteiger partial charge in [-0.15, -0.1) is 5.10 Å². The van der Waals surface area contributed by atoms with E-state index in [4.69, 9.17) is 4.74 Å². The first kappa shape index (κ1) is 22.5. The Balaban J connectivity index is 1.70. The normalized spacial score (nSPS) is 15.5. The highest BCUT2D eigenvalue weighted by Gasteiger charge is 2.35. The maximum atomic E-state index is 14.0. The predicted molar refractivity (Wildman–Crippen MR) is 126 cm³/mol. The Bertz CT molecular complexity index is 1180. The molecule has 4 rings (SSSR count). The molecule has 166 valence electrons. The fourth-order valence-corrected chi connectivity index (χ4v) is 4.53. The quantitative estimate of drug-likeness (QED) is 0.334. The van der Waals surface area contributed by atoms with Gasteiger partial charge in [-0.25, -0.2) is 13.9 Å². The molecule has 1 aliphatic heterocycles.